The zero-order chi connectivity index (χ0) is 20.8. The van der Waals surface area contributed by atoms with Gasteiger partial charge in [-0.05, 0) is 74.5 Å². The SMILES string of the molecule is N#Cc1ccc(OCc2ccc(C(=O)NCC(c3ccco3)N3CCCC3)o2)cc1. The van der Waals surface area contributed by atoms with Crippen LogP contribution >= 0.6 is 0 Å². The number of ether oxygens (including phenoxy) is 1. The van der Waals surface area contributed by atoms with Crippen molar-refractivity contribution in [3.05, 3.63) is 77.6 Å². The number of nitriles is 1. The monoisotopic (exact) mass is 405 g/mol. The van der Waals surface area contributed by atoms with Crippen molar-refractivity contribution in [1.29, 1.82) is 5.26 Å². The van der Waals surface area contributed by atoms with E-state index in [0.717, 1.165) is 31.7 Å². The van der Waals surface area contributed by atoms with Gasteiger partial charge in [0.15, 0.2) is 5.76 Å². The van der Waals surface area contributed by atoms with Gasteiger partial charge in [0.25, 0.3) is 5.91 Å². The minimum Gasteiger partial charge on any atom is -0.486 e. The van der Waals surface area contributed by atoms with Gasteiger partial charge in [-0.25, -0.2) is 0 Å². The molecular formula is C23H23N3O4. The van der Waals surface area contributed by atoms with Gasteiger partial charge in [-0.3, -0.25) is 9.69 Å². The van der Waals surface area contributed by atoms with E-state index in [1.54, 1.807) is 42.7 Å². The Morgan fingerprint density at radius 1 is 1.17 bits per heavy atom. The lowest BCUT2D eigenvalue weighted by Gasteiger charge is -2.25. The van der Waals surface area contributed by atoms with E-state index < -0.39 is 0 Å². The largest absolute Gasteiger partial charge is 0.486 e. The van der Waals surface area contributed by atoms with Gasteiger partial charge in [0.2, 0.25) is 0 Å². The minimum atomic E-state index is -0.268. The summed E-state index contributed by atoms with van der Waals surface area (Å²) in [4.78, 5) is 14.9. The minimum absolute atomic E-state index is 0.0144. The first-order valence-corrected chi connectivity index (χ1v) is 10.0. The van der Waals surface area contributed by atoms with Crippen molar-refractivity contribution in [3.63, 3.8) is 0 Å². The summed E-state index contributed by atoms with van der Waals surface area (Å²) < 4.78 is 16.9. The molecule has 2 aromatic heterocycles. The Morgan fingerprint density at radius 3 is 2.67 bits per heavy atom. The molecular weight excluding hydrogens is 382 g/mol. The van der Waals surface area contributed by atoms with Crippen molar-refractivity contribution in [2.24, 2.45) is 0 Å². The Kier molecular flexibility index (Phi) is 6.16. The normalized spacial score (nSPS) is 14.9. The molecule has 0 radical (unpaired) electrons. The van der Waals surface area contributed by atoms with Gasteiger partial charge in [0, 0.05) is 6.54 Å². The van der Waals surface area contributed by atoms with E-state index in [1.165, 1.54) is 0 Å². The molecule has 3 aromatic rings. The van der Waals surface area contributed by atoms with E-state index in [0.29, 0.717) is 23.6 Å². The van der Waals surface area contributed by atoms with Gasteiger partial charge in [-0.1, -0.05) is 0 Å². The van der Waals surface area contributed by atoms with Crippen molar-refractivity contribution < 1.29 is 18.4 Å². The van der Waals surface area contributed by atoms with Gasteiger partial charge in [-0.15, -0.1) is 0 Å². The van der Waals surface area contributed by atoms with Crippen LogP contribution in [0.3, 0.4) is 0 Å². The topological polar surface area (TPSA) is 91.6 Å². The average molecular weight is 405 g/mol. The van der Waals surface area contributed by atoms with Gasteiger partial charge in [-0.2, -0.15) is 5.26 Å². The van der Waals surface area contributed by atoms with Crippen LogP contribution in [-0.2, 0) is 6.61 Å². The second kappa shape index (κ2) is 9.33. The van der Waals surface area contributed by atoms with Crippen molar-refractivity contribution in [2.45, 2.75) is 25.5 Å². The van der Waals surface area contributed by atoms with E-state index in [9.17, 15) is 4.79 Å². The molecule has 1 amide bonds. The lowest BCUT2D eigenvalue weighted by atomic mass is 10.2. The third-order valence-electron chi connectivity index (χ3n) is 5.16. The molecule has 4 rings (SSSR count). The highest BCUT2D eigenvalue weighted by Gasteiger charge is 2.26. The Bertz CT molecular complexity index is 996. The summed E-state index contributed by atoms with van der Waals surface area (Å²) in [5, 5.41) is 11.8. The number of hydrogen-bond donors (Lipinski definition) is 1. The van der Waals surface area contributed by atoms with Crippen LogP contribution in [0.5, 0.6) is 5.75 Å². The maximum atomic E-state index is 12.6. The Hall–Kier alpha value is -3.50. The zero-order valence-electron chi connectivity index (χ0n) is 16.5. The molecule has 0 spiro atoms. The lowest BCUT2D eigenvalue weighted by molar-refractivity contribution is 0.0902. The molecule has 30 heavy (non-hydrogen) atoms. The lowest BCUT2D eigenvalue weighted by Crippen LogP contribution is -2.36. The van der Waals surface area contributed by atoms with E-state index in [2.05, 4.69) is 16.3 Å². The van der Waals surface area contributed by atoms with E-state index in [4.69, 9.17) is 18.8 Å². The summed E-state index contributed by atoms with van der Waals surface area (Å²) in [6.07, 6.45) is 3.98. The maximum Gasteiger partial charge on any atom is 0.287 e. The molecule has 1 aliphatic rings. The van der Waals surface area contributed by atoms with E-state index in [1.807, 2.05) is 12.1 Å². The number of likely N-dealkylation sites (tertiary alicyclic amines) is 1. The third kappa shape index (κ3) is 4.73. The fourth-order valence-electron chi connectivity index (χ4n) is 3.58. The summed E-state index contributed by atoms with van der Waals surface area (Å²) in [5.74, 6) is 2.01. The quantitative estimate of drug-likeness (QED) is 0.611. The highest BCUT2D eigenvalue weighted by molar-refractivity contribution is 5.91. The molecule has 7 heteroatoms. The van der Waals surface area contributed by atoms with Crippen LogP contribution in [0, 0.1) is 11.3 Å². The molecule has 7 nitrogen and oxygen atoms in total. The predicted molar refractivity (Wildman–Crippen MR) is 109 cm³/mol. The van der Waals surface area contributed by atoms with Gasteiger partial charge in [0.05, 0.1) is 23.9 Å². The van der Waals surface area contributed by atoms with Crippen LogP contribution in [0.4, 0.5) is 0 Å². The fraction of sp³-hybridized carbons (Fsp3) is 0.304. The molecule has 1 aromatic carbocycles. The number of hydrogen-bond acceptors (Lipinski definition) is 6. The molecule has 3 heterocycles. The maximum absolute atomic E-state index is 12.6. The number of carbonyl (C=O) groups is 1. The average Bonchev–Trinajstić information content (AvgIpc) is 3.56. The molecule has 1 N–H and O–H groups in total. The Balaban J connectivity index is 1.32. The van der Waals surface area contributed by atoms with Crippen molar-refractivity contribution in [2.75, 3.05) is 19.6 Å². The second-order valence-electron chi connectivity index (χ2n) is 7.18. The molecule has 0 bridgehead atoms. The van der Waals surface area contributed by atoms with Crippen molar-refractivity contribution >= 4 is 5.91 Å². The molecule has 1 atom stereocenters. The molecule has 1 aliphatic heterocycles. The van der Waals surface area contributed by atoms with Crippen LogP contribution < -0.4 is 10.1 Å². The molecule has 0 saturated carbocycles. The van der Waals surface area contributed by atoms with Gasteiger partial charge < -0.3 is 18.9 Å². The molecule has 1 saturated heterocycles. The highest BCUT2D eigenvalue weighted by Crippen LogP contribution is 2.25. The van der Waals surface area contributed by atoms with Crippen LogP contribution in [0.25, 0.3) is 0 Å². The highest BCUT2D eigenvalue weighted by atomic mass is 16.5. The number of rotatable bonds is 8. The van der Waals surface area contributed by atoms with Crippen LogP contribution in [0.15, 0.2) is 63.6 Å². The summed E-state index contributed by atoms with van der Waals surface area (Å²) in [6, 6.07) is 16.1. The first-order chi connectivity index (χ1) is 14.7. The van der Waals surface area contributed by atoms with Crippen LogP contribution in [-0.4, -0.2) is 30.4 Å². The number of nitrogens with zero attached hydrogens (tertiary/aromatic N) is 2. The van der Waals surface area contributed by atoms with Crippen molar-refractivity contribution in [3.8, 4) is 11.8 Å². The summed E-state index contributed by atoms with van der Waals surface area (Å²) in [6.45, 7) is 2.64. The number of nitrogens with one attached hydrogen (secondary N) is 1. The number of furan rings is 2. The van der Waals surface area contributed by atoms with E-state index >= 15 is 0 Å². The number of amides is 1. The Labute approximate surface area is 174 Å². The standard InChI is InChI=1S/C23H23N3O4/c24-14-17-5-7-18(8-6-17)29-16-19-9-10-22(30-19)23(27)25-15-20(21-4-3-13-28-21)26-11-1-2-12-26/h3-10,13,20H,1-2,11-12,15-16H2,(H,25,27). The first-order valence-electron chi connectivity index (χ1n) is 10.0. The first kappa shape index (κ1) is 19.8. The Morgan fingerprint density at radius 2 is 1.97 bits per heavy atom. The van der Waals surface area contributed by atoms with Crippen LogP contribution in [0.2, 0.25) is 0 Å². The fourth-order valence-corrected chi connectivity index (χ4v) is 3.58. The number of carbonyl (C=O) groups excluding carboxylic acids is 1. The van der Waals surface area contributed by atoms with Crippen molar-refractivity contribution in [1.82, 2.24) is 10.2 Å². The zero-order valence-corrected chi connectivity index (χ0v) is 16.5. The number of benzene rings is 1. The summed E-state index contributed by atoms with van der Waals surface area (Å²) in [5.41, 5.74) is 0.570. The molecule has 1 fully saturated rings. The van der Waals surface area contributed by atoms with E-state index in [-0.39, 0.29) is 24.3 Å². The summed E-state index contributed by atoms with van der Waals surface area (Å²) >= 11 is 0. The summed E-state index contributed by atoms with van der Waals surface area (Å²) in [7, 11) is 0. The van der Waals surface area contributed by atoms with Crippen LogP contribution in [0.1, 0.15) is 46.5 Å². The van der Waals surface area contributed by atoms with Gasteiger partial charge >= 0.3 is 0 Å². The predicted octanol–water partition coefficient (Wildman–Crippen LogP) is 3.89. The smallest absolute Gasteiger partial charge is 0.287 e. The molecule has 1 unspecified atom stereocenters. The molecule has 0 aliphatic carbocycles. The second-order valence-corrected chi connectivity index (χ2v) is 7.18. The molecule has 154 valence electrons. The third-order valence-corrected chi connectivity index (χ3v) is 5.16. The van der Waals surface area contributed by atoms with Gasteiger partial charge in [0.1, 0.15) is 23.9 Å².